The summed E-state index contributed by atoms with van der Waals surface area (Å²) in [6.45, 7) is 0.668. The highest BCUT2D eigenvalue weighted by atomic mass is 35.5. The molecule has 4 N–H and O–H groups in total. The van der Waals surface area contributed by atoms with Gasteiger partial charge in [0.25, 0.3) is 0 Å². The lowest BCUT2D eigenvalue weighted by Crippen LogP contribution is -2.37. The number of carbonyl (C=O) groups is 1. The Bertz CT molecular complexity index is 458. The van der Waals surface area contributed by atoms with E-state index in [1.54, 1.807) is 0 Å². The number of benzene rings is 1. The monoisotopic (exact) mass is 290 g/mol. The third-order valence-corrected chi connectivity index (χ3v) is 3.32. The van der Waals surface area contributed by atoms with Crippen molar-refractivity contribution in [2.75, 3.05) is 18.5 Å². The summed E-state index contributed by atoms with van der Waals surface area (Å²) in [5, 5.41) is 12.2. The van der Waals surface area contributed by atoms with Gasteiger partial charge in [-0.05, 0) is 12.1 Å². The van der Waals surface area contributed by atoms with Crippen LogP contribution in [0.15, 0.2) is 12.1 Å². The molecule has 1 fully saturated rings. The van der Waals surface area contributed by atoms with Gasteiger partial charge in [0.1, 0.15) is 0 Å². The molecule has 7 heteroatoms. The van der Waals surface area contributed by atoms with Gasteiger partial charge in [0, 0.05) is 11.7 Å². The molecule has 0 bridgehead atoms. The average Bonchev–Trinajstić information content (AvgIpc) is 2.72. The molecule has 0 saturated carbocycles. The summed E-state index contributed by atoms with van der Waals surface area (Å²) in [5.41, 5.74) is 6.15. The van der Waals surface area contributed by atoms with Gasteiger partial charge in [-0.2, -0.15) is 0 Å². The molecule has 1 aromatic carbocycles. The zero-order valence-electron chi connectivity index (χ0n) is 9.32. The lowest BCUT2D eigenvalue weighted by Gasteiger charge is -2.14. The van der Waals surface area contributed by atoms with Gasteiger partial charge in [0.05, 0.1) is 29.2 Å². The van der Waals surface area contributed by atoms with Crippen LogP contribution in [0, 0.1) is 5.92 Å². The Balaban J connectivity index is 2.12. The van der Waals surface area contributed by atoms with Gasteiger partial charge in [-0.25, -0.2) is 0 Å². The minimum atomic E-state index is -0.392. The van der Waals surface area contributed by atoms with Gasteiger partial charge < -0.3 is 20.9 Å². The molecule has 1 amide bonds. The van der Waals surface area contributed by atoms with Gasteiger partial charge in [0.15, 0.2) is 5.75 Å². The van der Waals surface area contributed by atoms with E-state index in [-0.39, 0.29) is 27.7 Å². The number of rotatable bonds is 2. The number of phenols is 1. The molecule has 2 rings (SSSR count). The quantitative estimate of drug-likeness (QED) is 0.723. The van der Waals surface area contributed by atoms with Crippen molar-refractivity contribution in [3.63, 3.8) is 0 Å². The van der Waals surface area contributed by atoms with Crippen LogP contribution in [0.1, 0.15) is 0 Å². The number of anilines is 1. The number of hydrogen-bond acceptors (Lipinski definition) is 4. The van der Waals surface area contributed by atoms with Gasteiger partial charge in [-0.3, -0.25) is 4.79 Å². The fraction of sp³-hybridized carbons (Fsp3) is 0.364. The first-order valence-corrected chi connectivity index (χ1v) is 6.07. The first kappa shape index (κ1) is 13.4. The van der Waals surface area contributed by atoms with Gasteiger partial charge in [-0.1, -0.05) is 23.2 Å². The predicted octanol–water partition coefficient (Wildman–Crippen LogP) is 1.61. The molecule has 18 heavy (non-hydrogen) atoms. The van der Waals surface area contributed by atoms with Crippen molar-refractivity contribution in [2.45, 2.75) is 6.04 Å². The SMILES string of the molecule is NC1COCC1C(=O)Nc1cc(Cl)c(O)c(Cl)c1. The zero-order chi connectivity index (χ0) is 13.3. The number of amides is 1. The van der Waals surface area contributed by atoms with Crippen molar-refractivity contribution in [3.8, 4) is 5.75 Å². The van der Waals surface area contributed by atoms with Crippen LogP contribution >= 0.6 is 23.2 Å². The number of hydrogen-bond donors (Lipinski definition) is 3. The predicted molar refractivity (Wildman–Crippen MR) is 69.0 cm³/mol. The highest BCUT2D eigenvalue weighted by Crippen LogP contribution is 2.34. The summed E-state index contributed by atoms with van der Waals surface area (Å²) >= 11 is 11.5. The molecule has 98 valence electrons. The molecular weight excluding hydrogens is 279 g/mol. The van der Waals surface area contributed by atoms with Gasteiger partial charge >= 0.3 is 0 Å². The van der Waals surface area contributed by atoms with Crippen LogP contribution in [-0.2, 0) is 9.53 Å². The van der Waals surface area contributed by atoms with Crippen molar-refractivity contribution in [3.05, 3.63) is 22.2 Å². The second-order valence-corrected chi connectivity index (χ2v) is 4.90. The fourth-order valence-corrected chi connectivity index (χ4v) is 2.20. The van der Waals surface area contributed by atoms with E-state index < -0.39 is 5.92 Å². The zero-order valence-corrected chi connectivity index (χ0v) is 10.8. The largest absolute Gasteiger partial charge is 0.505 e. The Morgan fingerprint density at radius 1 is 1.39 bits per heavy atom. The summed E-state index contributed by atoms with van der Waals surface area (Å²) < 4.78 is 5.12. The highest BCUT2D eigenvalue weighted by molar-refractivity contribution is 6.37. The maximum atomic E-state index is 11.9. The second kappa shape index (κ2) is 5.32. The minimum Gasteiger partial charge on any atom is -0.505 e. The molecule has 2 unspecified atom stereocenters. The number of carbonyl (C=O) groups excluding carboxylic acids is 1. The average molecular weight is 291 g/mol. The Labute approximate surface area is 114 Å². The van der Waals surface area contributed by atoms with Crippen molar-refractivity contribution >= 4 is 34.8 Å². The Hall–Kier alpha value is -1.01. The van der Waals surface area contributed by atoms with E-state index in [0.717, 1.165) is 0 Å². The van der Waals surface area contributed by atoms with E-state index in [0.29, 0.717) is 18.9 Å². The van der Waals surface area contributed by atoms with Crippen LogP contribution < -0.4 is 11.1 Å². The third-order valence-electron chi connectivity index (χ3n) is 2.75. The summed E-state index contributed by atoms with van der Waals surface area (Å²) in [5.74, 6) is -0.855. The van der Waals surface area contributed by atoms with Gasteiger partial charge in [0.2, 0.25) is 5.91 Å². The Morgan fingerprint density at radius 2 is 2.00 bits per heavy atom. The van der Waals surface area contributed by atoms with Crippen LogP contribution in [0.3, 0.4) is 0 Å². The number of nitrogens with one attached hydrogen (secondary N) is 1. The number of phenolic OH excluding ortho intramolecular Hbond substituents is 1. The normalized spacial score (nSPS) is 23.1. The van der Waals surface area contributed by atoms with Crippen LogP contribution in [0.4, 0.5) is 5.69 Å². The summed E-state index contributed by atoms with van der Waals surface area (Å²) in [7, 11) is 0. The smallest absolute Gasteiger partial charge is 0.231 e. The first-order chi connectivity index (χ1) is 8.49. The molecule has 0 aliphatic carbocycles. The van der Waals surface area contributed by atoms with Crippen molar-refractivity contribution < 1.29 is 14.6 Å². The van der Waals surface area contributed by atoms with E-state index in [1.807, 2.05) is 0 Å². The third kappa shape index (κ3) is 2.70. The molecule has 0 aromatic heterocycles. The molecule has 1 saturated heterocycles. The maximum absolute atomic E-state index is 11.9. The van der Waals surface area contributed by atoms with E-state index in [1.165, 1.54) is 12.1 Å². The topological polar surface area (TPSA) is 84.6 Å². The van der Waals surface area contributed by atoms with Crippen LogP contribution in [0.2, 0.25) is 10.0 Å². The van der Waals surface area contributed by atoms with E-state index in [2.05, 4.69) is 5.32 Å². The molecule has 1 aliphatic rings. The number of aromatic hydroxyl groups is 1. The molecule has 1 heterocycles. The summed E-state index contributed by atoms with van der Waals surface area (Å²) in [4.78, 5) is 11.9. The minimum absolute atomic E-state index is 0.0739. The van der Waals surface area contributed by atoms with Crippen LogP contribution in [0.5, 0.6) is 5.75 Å². The summed E-state index contributed by atoms with van der Waals surface area (Å²) in [6, 6.07) is 2.53. The van der Waals surface area contributed by atoms with E-state index in [4.69, 9.17) is 33.7 Å². The van der Waals surface area contributed by atoms with E-state index >= 15 is 0 Å². The van der Waals surface area contributed by atoms with Crippen molar-refractivity contribution in [2.24, 2.45) is 11.7 Å². The number of halogens is 2. The molecule has 0 radical (unpaired) electrons. The molecule has 5 nitrogen and oxygen atoms in total. The highest BCUT2D eigenvalue weighted by Gasteiger charge is 2.31. The van der Waals surface area contributed by atoms with Gasteiger partial charge in [-0.15, -0.1) is 0 Å². The maximum Gasteiger partial charge on any atom is 0.231 e. The number of ether oxygens (including phenoxy) is 1. The van der Waals surface area contributed by atoms with Crippen molar-refractivity contribution in [1.82, 2.24) is 0 Å². The Kier molecular flexibility index (Phi) is 3.97. The van der Waals surface area contributed by atoms with E-state index in [9.17, 15) is 9.90 Å². The molecule has 0 spiro atoms. The lowest BCUT2D eigenvalue weighted by atomic mass is 10.0. The Morgan fingerprint density at radius 3 is 2.50 bits per heavy atom. The molecule has 1 aromatic rings. The van der Waals surface area contributed by atoms with Crippen LogP contribution in [-0.4, -0.2) is 30.3 Å². The fourth-order valence-electron chi connectivity index (χ4n) is 1.71. The number of nitrogens with two attached hydrogens (primary N) is 1. The van der Waals surface area contributed by atoms with Crippen molar-refractivity contribution in [1.29, 1.82) is 0 Å². The molecule has 2 atom stereocenters. The standard InChI is InChI=1S/C11H12Cl2N2O3/c12-7-1-5(2-8(13)10(7)16)15-11(17)6-3-18-4-9(6)14/h1-2,6,9,16H,3-4,14H2,(H,15,17). The lowest BCUT2D eigenvalue weighted by molar-refractivity contribution is -0.120. The first-order valence-electron chi connectivity index (χ1n) is 5.31. The second-order valence-electron chi connectivity index (χ2n) is 4.09. The van der Waals surface area contributed by atoms with Crippen LogP contribution in [0.25, 0.3) is 0 Å². The molecule has 1 aliphatic heterocycles. The summed E-state index contributed by atoms with van der Waals surface area (Å²) in [6.07, 6.45) is 0. The molecular formula is C11H12Cl2N2O3.